The van der Waals surface area contributed by atoms with Gasteiger partial charge >= 0.3 is 0 Å². The molecule has 0 unspecified atom stereocenters. The first-order valence-corrected chi connectivity index (χ1v) is 13.2. The molecule has 1 saturated heterocycles. The summed E-state index contributed by atoms with van der Waals surface area (Å²) in [6.07, 6.45) is 4.24. The number of rotatable bonds is 7. The minimum atomic E-state index is -0.167. The monoisotopic (exact) mass is 515 g/mol. The third kappa shape index (κ3) is 4.99. The van der Waals surface area contributed by atoms with Crippen molar-refractivity contribution in [2.75, 3.05) is 13.7 Å². The number of fused-ring (bicyclic) bond motifs is 1. The number of ether oxygens (including phenoxy) is 2. The van der Waals surface area contributed by atoms with Crippen LogP contribution in [0.2, 0.25) is 0 Å². The van der Waals surface area contributed by atoms with Gasteiger partial charge in [0.25, 0.3) is 0 Å². The standard InChI is InChI=1S/C30H37N5O3/c1-18(21-8-10-25(37-7)11-9-21)34-16-23(14-28(34)36)19(2)38-27-13-22(12-26-29(27)33-20(3)32-26)24-15-31-35(17-24)30(4,5)6/h8-13,15,17-19,23H,14,16H2,1-7H3,(H,32,33)/t18-,19+,23+/m0/s1. The highest BCUT2D eigenvalue weighted by Gasteiger charge is 2.37. The minimum absolute atomic E-state index is 0.0195. The van der Waals surface area contributed by atoms with Crippen molar-refractivity contribution in [2.45, 2.75) is 65.6 Å². The lowest BCUT2D eigenvalue weighted by atomic mass is 10.0. The summed E-state index contributed by atoms with van der Waals surface area (Å²) in [6, 6.07) is 12.0. The Balaban J connectivity index is 1.37. The van der Waals surface area contributed by atoms with Gasteiger partial charge in [-0.2, -0.15) is 5.10 Å². The Morgan fingerprint density at radius 2 is 1.84 bits per heavy atom. The fourth-order valence-electron chi connectivity index (χ4n) is 5.11. The number of amides is 1. The van der Waals surface area contributed by atoms with Crippen LogP contribution in [-0.2, 0) is 10.3 Å². The van der Waals surface area contributed by atoms with E-state index in [-0.39, 0.29) is 29.5 Å². The van der Waals surface area contributed by atoms with Crippen molar-refractivity contribution in [3.05, 3.63) is 60.2 Å². The summed E-state index contributed by atoms with van der Waals surface area (Å²) in [5.41, 5.74) is 4.73. The molecule has 4 aromatic rings. The van der Waals surface area contributed by atoms with Gasteiger partial charge in [-0.15, -0.1) is 0 Å². The maximum Gasteiger partial charge on any atom is 0.223 e. The number of aromatic amines is 1. The third-order valence-corrected chi connectivity index (χ3v) is 7.50. The zero-order valence-electron chi connectivity index (χ0n) is 23.3. The Hall–Kier alpha value is -3.81. The van der Waals surface area contributed by atoms with Gasteiger partial charge in [0.15, 0.2) is 0 Å². The van der Waals surface area contributed by atoms with E-state index in [1.54, 1.807) is 7.11 Å². The number of imidazole rings is 1. The van der Waals surface area contributed by atoms with Gasteiger partial charge in [-0.1, -0.05) is 12.1 Å². The van der Waals surface area contributed by atoms with E-state index in [1.807, 2.05) is 53.0 Å². The summed E-state index contributed by atoms with van der Waals surface area (Å²) < 4.78 is 13.8. The lowest BCUT2D eigenvalue weighted by Crippen LogP contribution is -2.31. The van der Waals surface area contributed by atoms with Crippen LogP contribution in [0.15, 0.2) is 48.8 Å². The number of carbonyl (C=O) groups is 1. The van der Waals surface area contributed by atoms with Crippen LogP contribution in [0.3, 0.4) is 0 Å². The minimum Gasteiger partial charge on any atom is -0.497 e. The highest BCUT2D eigenvalue weighted by molar-refractivity contribution is 5.87. The summed E-state index contributed by atoms with van der Waals surface area (Å²) in [4.78, 5) is 23.0. The highest BCUT2D eigenvalue weighted by Crippen LogP contribution is 2.36. The lowest BCUT2D eigenvalue weighted by Gasteiger charge is -2.27. The molecule has 2 aromatic heterocycles. The van der Waals surface area contributed by atoms with Crippen LogP contribution in [0.4, 0.5) is 0 Å². The SMILES string of the molecule is COc1ccc([C@H](C)N2C[C@H]([C@@H](C)Oc3cc(-c4cnn(C(C)(C)C)c4)cc4[nH]c(C)nc34)CC2=O)cc1. The summed E-state index contributed by atoms with van der Waals surface area (Å²) in [5, 5.41) is 4.57. The molecule has 200 valence electrons. The quantitative estimate of drug-likeness (QED) is 0.332. The number of hydrogen-bond donors (Lipinski definition) is 1. The maximum atomic E-state index is 13.0. The van der Waals surface area contributed by atoms with Crippen LogP contribution < -0.4 is 9.47 Å². The molecule has 0 bridgehead atoms. The molecule has 38 heavy (non-hydrogen) atoms. The number of hydrogen-bond acceptors (Lipinski definition) is 5. The summed E-state index contributed by atoms with van der Waals surface area (Å²) in [5.74, 6) is 2.58. The first-order valence-electron chi connectivity index (χ1n) is 13.2. The molecular weight excluding hydrogens is 478 g/mol. The second-order valence-electron chi connectivity index (χ2n) is 11.3. The van der Waals surface area contributed by atoms with Crippen LogP contribution in [0.5, 0.6) is 11.5 Å². The number of likely N-dealkylation sites (tertiary alicyclic amines) is 1. The van der Waals surface area contributed by atoms with Gasteiger partial charge in [-0.05, 0) is 76.9 Å². The molecule has 8 heteroatoms. The smallest absolute Gasteiger partial charge is 0.223 e. The van der Waals surface area contributed by atoms with E-state index in [9.17, 15) is 4.79 Å². The average molecular weight is 516 g/mol. The molecule has 0 aliphatic carbocycles. The van der Waals surface area contributed by atoms with E-state index in [0.717, 1.165) is 39.3 Å². The maximum absolute atomic E-state index is 13.0. The lowest BCUT2D eigenvalue weighted by molar-refractivity contribution is -0.129. The number of aromatic nitrogens is 4. The molecule has 1 aliphatic rings. The van der Waals surface area contributed by atoms with E-state index in [0.29, 0.717) is 18.7 Å². The van der Waals surface area contributed by atoms with Crippen LogP contribution in [0, 0.1) is 12.8 Å². The van der Waals surface area contributed by atoms with E-state index in [1.165, 1.54) is 0 Å². The molecule has 1 aliphatic heterocycles. The van der Waals surface area contributed by atoms with E-state index >= 15 is 0 Å². The number of nitrogens with one attached hydrogen (secondary N) is 1. The molecule has 8 nitrogen and oxygen atoms in total. The predicted molar refractivity (Wildman–Crippen MR) is 148 cm³/mol. The zero-order valence-corrected chi connectivity index (χ0v) is 23.3. The Kier molecular flexibility index (Phi) is 6.67. The van der Waals surface area contributed by atoms with Crippen LogP contribution in [-0.4, -0.2) is 50.3 Å². The van der Waals surface area contributed by atoms with Crippen LogP contribution in [0.25, 0.3) is 22.2 Å². The Labute approximate surface area is 224 Å². The van der Waals surface area contributed by atoms with Crippen molar-refractivity contribution in [1.29, 1.82) is 0 Å². The molecule has 1 fully saturated rings. The Morgan fingerprint density at radius 3 is 2.50 bits per heavy atom. The van der Waals surface area contributed by atoms with E-state index in [4.69, 9.17) is 14.5 Å². The molecule has 3 atom stereocenters. The van der Waals surface area contributed by atoms with Gasteiger partial charge in [0.05, 0.1) is 30.4 Å². The van der Waals surface area contributed by atoms with Gasteiger partial charge in [0, 0.05) is 30.6 Å². The Morgan fingerprint density at radius 1 is 1.11 bits per heavy atom. The molecular formula is C30H37N5O3. The summed E-state index contributed by atoms with van der Waals surface area (Å²) in [6.45, 7) is 13.1. The molecule has 2 aromatic carbocycles. The summed E-state index contributed by atoms with van der Waals surface area (Å²) >= 11 is 0. The Bertz CT molecular complexity index is 1450. The highest BCUT2D eigenvalue weighted by atomic mass is 16.5. The average Bonchev–Trinajstić information content (AvgIpc) is 3.61. The van der Waals surface area contributed by atoms with Gasteiger partial charge in [0.2, 0.25) is 5.91 Å². The zero-order chi connectivity index (χ0) is 27.2. The second-order valence-corrected chi connectivity index (χ2v) is 11.3. The number of benzene rings is 2. The first-order chi connectivity index (χ1) is 18.0. The number of aryl methyl sites for hydroxylation is 1. The fraction of sp³-hybridized carbons (Fsp3) is 0.433. The molecule has 0 radical (unpaired) electrons. The molecule has 1 N–H and O–H groups in total. The van der Waals surface area contributed by atoms with Gasteiger partial charge < -0.3 is 19.4 Å². The largest absolute Gasteiger partial charge is 0.497 e. The second kappa shape index (κ2) is 9.82. The topological polar surface area (TPSA) is 85.3 Å². The predicted octanol–water partition coefficient (Wildman–Crippen LogP) is 5.88. The molecule has 3 heterocycles. The van der Waals surface area contributed by atoms with Crippen LogP contribution >= 0.6 is 0 Å². The van der Waals surface area contributed by atoms with E-state index < -0.39 is 0 Å². The van der Waals surface area contributed by atoms with E-state index in [2.05, 4.69) is 57.0 Å². The first kappa shape index (κ1) is 25.8. The van der Waals surface area contributed by atoms with Gasteiger partial charge in [0.1, 0.15) is 28.9 Å². The van der Waals surface area contributed by atoms with Crippen molar-refractivity contribution in [3.63, 3.8) is 0 Å². The van der Waals surface area contributed by atoms with Gasteiger partial charge in [-0.25, -0.2) is 4.98 Å². The molecule has 1 amide bonds. The normalized spacial score (nSPS) is 17.7. The fourth-order valence-corrected chi connectivity index (χ4v) is 5.11. The van der Waals surface area contributed by atoms with Gasteiger partial charge in [-0.3, -0.25) is 9.48 Å². The van der Waals surface area contributed by atoms with Crippen molar-refractivity contribution in [2.24, 2.45) is 5.92 Å². The number of nitrogens with zero attached hydrogens (tertiary/aromatic N) is 4. The number of H-pyrrole nitrogens is 1. The third-order valence-electron chi connectivity index (χ3n) is 7.50. The van der Waals surface area contributed by atoms with Crippen molar-refractivity contribution in [1.82, 2.24) is 24.6 Å². The summed E-state index contributed by atoms with van der Waals surface area (Å²) in [7, 11) is 1.65. The molecule has 0 spiro atoms. The van der Waals surface area contributed by atoms with Crippen molar-refractivity contribution in [3.8, 4) is 22.6 Å². The van der Waals surface area contributed by atoms with Crippen LogP contribution in [0.1, 0.15) is 58.5 Å². The van der Waals surface area contributed by atoms with Crippen molar-refractivity contribution < 1.29 is 14.3 Å². The number of carbonyl (C=O) groups excluding carboxylic acids is 1. The molecule has 5 rings (SSSR count). The van der Waals surface area contributed by atoms with Crippen molar-refractivity contribution >= 4 is 16.9 Å². The molecule has 0 saturated carbocycles. The number of methoxy groups -OCH3 is 1.